The van der Waals surface area contributed by atoms with Crippen LogP contribution in [-0.4, -0.2) is 25.1 Å². The minimum Gasteiger partial charge on any atom is -0.497 e. The number of aryl methyl sites for hydroxylation is 1. The Balaban J connectivity index is 1.75. The summed E-state index contributed by atoms with van der Waals surface area (Å²) in [6, 6.07) is 14.1. The molecule has 4 heteroatoms. The summed E-state index contributed by atoms with van der Waals surface area (Å²) in [6.45, 7) is 6.95. The standard InChI is InChI=1S/C23H32O4/c1-5-17(2)19-8-11-22(12-9-19)27-18(3)26-14-6-7-20-10-13-23(25-4)15-21(20)16-24/h8-13,15,17-18,24H,5-7,14,16H2,1-4H3. The lowest BCUT2D eigenvalue weighted by Gasteiger charge is -2.17. The first-order valence-corrected chi connectivity index (χ1v) is 9.72. The van der Waals surface area contributed by atoms with Crippen LogP contribution in [0.15, 0.2) is 42.5 Å². The van der Waals surface area contributed by atoms with E-state index in [1.54, 1.807) is 7.11 Å². The van der Waals surface area contributed by atoms with Gasteiger partial charge in [-0.3, -0.25) is 0 Å². The predicted octanol–water partition coefficient (Wildman–Crippen LogP) is 5.08. The fraction of sp³-hybridized carbons (Fsp3) is 0.478. The van der Waals surface area contributed by atoms with Crippen LogP contribution in [0.2, 0.25) is 0 Å². The fourth-order valence-corrected chi connectivity index (χ4v) is 2.97. The number of benzene rings is 2. The summed E-state index contributed by atoms with van der Waals surface area (Å²) in [5, 5.41) is 9.51. The van der Waals surface area contributed by atoms with E-state index in [2.05, 4.69) is 26.0 Å². The van der Waals surface area contributed by atoms with E-state index in [1.165, 1.54) is 5.56 Å². The van der Waals surface area contributed by atoms with Gasteiger partial charge in [0.1, 0.15) is 11.5 Å². The van der Waals surface area contributed by atoms with Crippen molar-refractivity contribution in [1.82, 2.24) is 0 Å². The lowest BCUT2D eigenvalue weighted by atomic mass is 9.99. The third-order valence-corrected chi connectivity index (χ3v) is 4.89. The average molecular weight is 373 g/mol. The molecule has 0 saturated carbocycles. The maximum atomic E-state index is 9.51. The molecule has 0 fully saturated rings. The molecule has 2 aromatic rings. The number of methoxy groups -OCH3 is 1. The van der Waals surface area contributed by atoms with Gasteiger partial charge in [0.15, 0.2) is 6.29 Å². The summed E-state index contributed by atoms with van der Waals surface area (Å²) in [5.41, 5.74) is 3.36. The molecule has 4 nitrogen and oxygen atoms in total. The second-order valence-electron chi connectivity index (χ2n) is 6.83. The van der Waals surface area contributed by atoms with Crippen LogP contribution < -0.4 is 9.47 Å². The summed E-state index contributed by atoms with van der Waals surface area (Å²) < 4.78 is 16.8. The molecule has 0 amide bonds. The molecule has 0 bridgehead atoms. The van der Waals surface area contributed by atoms with Gasteiger partial charge in [-0.1, -0.05) is 32.0 Å². The summed E-state index contributed by atoms with van der Waals surface area (Å²) >= 11 is 0. The van der Waals surface area contributed by atoms with Crippen molar-refractivity contribution in [3.05, 3.63) is 59.2 Å². The van der Waals surface area contributed by atoms with Crippen LogP contribution in [0.1, 0.15) is 56.2 Å². The van der Waals surface area contributed by atoms with Crippen molar-refractivity contribution in [2.75, 3.05) is 13.7 Å². The zero-order valence-electron chi connectivity index (χ0n) is 16.9. The van der Waals surface area contributed by atoms with Gasteiger partial charge in [-0.15, -0.1) is 0 Å². The summed E-state index contributed by atoms with van der Waals surface area (Å²) in [4.78, 5) is 0. The molecule has 0 aliphatic rings. The first-order chi connectivity index (χ1) is 13.1. The molecule has 0 heterocycles. The summed E-state index contributed by atoms with van der Waals surface area (Å²) in [7, 11) is 1.63. The van der Waals surface area contributed by atoms with Crippen LogP contribution in [0.5, 0.6) is 11.5 Å². The van der Waals surface area contributed by atoms with Crippen LogP contribution in [0.3, 0.4) is 0 Å². The molecule has 0 aliphatic carbocycles. The van der Waals surface area contributed by atoms with E-state index in [0.29, 0.717) is 12.5 Å². The van der Waals surface area contributed by atoms with E-state index < -0.39 is 0 Å². The van der Waals surface area contributed by atoms with E-state index in [0.717, 1.165) is 41.9 Å². The van der Waals surface area contributed by atoms with Crippen molar-refractivity contribution in [3.63, 3.8) is 0 Å². The second kappa shape index (κ2) is 11.0. The van der Waals surface area contributed by atoms with Crippen LogP contribution in [0.25, 0.3) is 0 Å². The van der Waals surface area contributed by atoms with Crippen molar-refractivity contribution < 1.29 is 19.3 Å². The molecule has 148 valence electrons. The maximum absolute atomic E-state index is 9.51. The lowest BCUT2D eigenvalue weighted by molar-refractivity contribution is -0.0672. The SMILES string of the molecule is CCC(C)c1ccc(OC(C)OCCCc2ccc(OC)cc2CO)cc1. The Bertz CT molecular complexity index is 681. The lowest BCUT2D eigenvalue weighted by Crippen LogP contribution is -2.17. The Morgan fingerprint density at radius 3 is 2.30 bits per heavy atom. The molecule has 2 aromatic carbocycles. The highest BCUT2D eigenvalue weighted by Gasteiger charge is 2.08. The monoisotopic (exact) mass is 372 g/mol. The number of rotatable bonds is 11. The van der Waals surface area contributed by atoms with Gasteiger partial charge < -0.3 is 19.3 Å². The molecule has 0 aliphatic heterocycles. The smallest absolute Gasteiger partial charge is 0.196 e. The van der Waals surface area contributed by atoms with Crippen molar-refractivity contribution in [3.8, 4) is 11.5 Å². The molecule has 0 radical (unpaired) electrons. The van der Waals surface area contributed by atoms with Gasteiger partial charge in [0.2, 0.25) is 0 Å². The Hall–Kier alpha value is -2.04. The van der Waals surface area contributed by atoms with E-state index in [9.17, 15) is 5.11 Å². The van der Waals surface area contributed by atoms with Crippen LogP contribution >= 0.6 is 0 Å². The average Bonchev–Trinajstić information content (AvgIpc) is 2.71. The van der Waals surface area contributed by atoms with E-state index in [4.69, 9.17) is 14.2 Å². The molecule has 27 heavy (non-hydrogen) atoms. The molecule has 0 aromatic heterocycles. The maximum Gasteiger partial charge on any atom is 0.196 e. The van der Waals surface area contributed by atoms with Crippen molar-refractivity contribution in [1.29, 1.82) is 0 Å². The molecule has 2 unspecified atom stereocenters. The summed E-state index contributed by atoms with van der Waals surface area (Å²) in [5.74, 6) is 2.15. The van der Waals surface area contributed by atoms with E-state index >= 15 is 0 Å². The Morgan fingerprint density at radius 2 is 1.67 bits per heavy atom. The highest BCUT2D eigenvalue weighted by molar-refractivity contribution is 5.35. The highest BCUT2D eigenvalue weighted by Crippen LogP contribution is 2.22. The van der Waals surface area contributed by atoms with Crippen LogP contribution in [0, 0.1) is 0 Å². The Kier molecular flexibility index (Phi) is 8.62. The number of ether oxygens (including phenoxy) is 3. The number of aliphatic hydroxyl groups is 1. The molecule has 0 saturated heterocycles. The van der Waals surface area contributed by atoms with Crippen molar-refractivity contribution in [2.45, 2.75) is 58.8 Å². The van der Waals surface area contributed by atoms with Crippen LogP contribution in [0.4, 0.5) is 0 Å². The molecular formula is C23H32O4. The molecule has 1 N–H and O–H groups in total. The van der Waals surface area contributed by atoms with E-state index in [-0.39, 0.29) is 12.9 Å². The molecule has 2 atom stereocenters. The minimum absolute atomic E-state index is 0.0134. The highest BCUT2D eigenvalue weighted by atomic mass is 16.7. The van der Waals surface area contributed by atoms with Crippen LogP contribution in [-0.2, 0) is 17.8 Å². The summed E-state index contributed by atoms with van der Waals surface area (Å²) in [6.07, 6.45) is 2.54. The van der Waals surface area contributed by atoms with Gasteiger partial charge in [-0.2, -0.15) is 0 Å². The topological polar surface area (TPSA) is 47.9 Å². The molecule has 0 spiro atoms. The second-order valence-corrected chi connectivity index (χ2v) is 6.83. The third kappa shape index (κ3) is 6.56. The van der Waals surface area contributed by atoms with Gasteiger partial charge in [0.25, 0.3) is 0 Å². The number of hydrogen-bond donors (Lipinski definition) is 1. The van der Waals surface area contributed by atoms with Gasteiger partial charge in [0, 0.05) is 0 Å². The van der Waals surface area contributed by atoms with Gasteiger partial charge in [-0.25, -0.2) is 0 Å². The van der Waals surface area contributed by atoms with Gasteiger partial charge >= 0.3 is 0 Å². The quantitative estimate of drug-likeness (QED) is 0.442. The largest absolute Gasteiger partial charge is 0.497 e. The first kappa shape index (κ1) is 21.3. The number of aliphatic hydroxyl groups excluding tert-OH is 1. The first-order valence-electron chi connectivity index (χ1n) is 9.72. The Labute approximate surface area is 163 Å². The predicted molar refractivity (Wildman–Crippen MR) is 108 cm³/mol. The van der Waals surface area contributed by atoms with Gasteiger partial charge in [-0.05, 0) is 73.1 Å². The normalized spacial score (nSPS) is 13.2. The number of hydrogen-bond acceptors (Lipinski definition) is 4. The molecular weight excluding hydrogens is 340 g/mol. The zero-order chi connectivity index (χ0) is 19.6. The van der Waals surface area contributed by atoms with Gasteiger partial charge in [0.05, 0.1) is 20.3 Å². The fourth-order valence-electron chi connectivity index (χ4n) is 2.97. The van der Waals surface area contributed by atoms with Crippen molar-refractivity contribution >= 4 is 0 Å². The minimum atomic E-state index is -0.298. The third-order valence-electron chi connectivity index (χ3n) is 4.89. The zero-order valence-corrected chi connectivity index (χ0v) is 16.9. The molecule has 2 rings (SSSR count). The Morgan fingerprint density at radius 1 is 0.963 bits per heavy atom. The van der Waals surface area contributed by atoms with E-state index in [1.807, 2.05) is 37.3 Å². The van der Waals surface area contributed by atoms with Crippen molar-refractivity contribution in [2.24, 2.45) is 0 Å².